The molecule has 1 aliphatic carbocycles. The SMILES string of the molecule is [2H]C([2H])([2H])n1c(=O)nc(N2CCCc3c(C#CC4(C(F)(F)F)CC4)cccc32)c2c(F)c(F)ccc21. The number of hydrogen-bond donors (Lipinski definition) is 0. The van der Waals surface area contributed by atoms with Crippen molar-refractivity contribution in [2.24, 2.45) is 12.4 Å². The van der Waals surface area contributed by atoms with Crippen LogP contribution in [-0.4, -0.2) is 22.3 Å². The van der Waals surface area contributed by atoms with Crippen molar-refractivity contribution in [1.82, 2.24) is 9.55 Å². The molecule has 5 rings (SSSR count). The summed E-state index contributed by atoms with van der Waals surface area (Å²) in [5, 5.41) is -0.482. The minimum atomic E-state index is -4.43. The summed E-state index contributed by atoms with van der Waals surface area (Å²) < 4.78 is 92.6. The van der Waals surface area contributed by atoms with Gasteiger partial charge >= 0.3 is 11.9 Å². The van der Waals surface area contributed by atoms with Crippen LogP contribution in [0.5, 0.6) is 0 Å². The van der Waals surface area contributed by atoms with Gasteiger partial charge in [0, 0.05) is 28.9 Å². The Labute approximate surface area is 189 Å². The van der Waals surface area contributed by atoms with Crippen LogP contribution in [0, 0.1) is 28.9 Å². The second kappa shape index (κ2) is 7.30. The Hall–Kier alpha value is -3.41. The molecule has 1 fully saturated rings. The highest BCUT2D eigenvalue weighted by atomic mass is 19.4. The molecule has 1 aromatic heterocycles. The van der Waals surface area contributed by atoms with Crippen LogP contribution >= 0.6 is 0 Å². The highest BCUT2D eigenvalue weighted by Crippen LogP contribution is 2.57. The third kappa shape index (κ3) is 3.36. The van der Waals surface area contributed by atoms with Gasteiger partial charge in [0.15, 0.2) is 17.5 Å². The van der Waals surface area contributed by atoms with Gasteiger partial charge in [0.2, 0.25) is 0 Å². The van der Waals surface area contributed by atoms with Crippen molar-refractivity contribution >= 4 is 22.4 Å². The number of rotatable bonds is 1. The second-order valence-corrected chi connectivity index (χ2v) is 8.20. The van der Waals surface area contributed by atoms with Gasteiger partial charge in [0.05, 0.1) is 10.9 Å². The van der Waals surface area contributed by atoms with Crippen LogP contribution in [0.25, 0.3) is 10.9 Å². The van der Waals surface area contributed by atoms with E-state index in [0.29, 0.717) is 34.2 Å². The van der Waals surface area contributed by atoms with Gasteiger partial charge in [0.25, 0.3) is 0 Å². The number of anilines is 2. The van der Waals surface area contributed by atoms with Crippen molar-refractivity contribution in [2.75, 3.05) is 11.4 Å². The van der Waals surface area contributed by atoms with Crippen molar-refractivity contribution in [3.05, 3.63) is 63.6 Å². The Kier molecular flexibility index (Phi) is 4.00. The molecule has 0 saturated heterocycles. The van der Waals surface area contributed by atoms with Gasteiger partial charge in [-0.3, -0.25) is 4.57 Å². The van der Waals surface area contributed by atoms with Gasteiger partial charge in [-0.1, -0.05) is 17.9 Å². The standard InChI is InChI=1S/C24H18F5N3O/c1-31-18-8-7-16(25)20(26)19(18)21(30-22(31)33)32-13-3-5-15-14(4-2-6-17(15)32)9-10-23(11-12-23)24(27,28)29/h2,4,6-8H,3,5,11-13H2,1H3/i1D3. The molecule has 9 heteroatoms. The highest BCUT2D eigenvalue weighted by Gasteiger charge is 2.62. The number of hydrogen-bond acceptors (Lipinski definition) is 3. The molecule has 0 N–H and O–H groups in total. The first-order valence-electron chi connectivity index (χ1n) is 11.7. The fourth-order valence-corrected chi connectivity index (χ4v) is 4.19. The zero-order valence-electron chi connectivity index (χ0n) is 20.1. The van der Waals surface area contributed by atoms with E-state index in [9.17, 15) is 22.4 Å². The van der Waals surface area contributed by atoms with E-state index >= 15 is 4.39 Å². The summed E-state index contributed by atoms with van der Waals surface area (Å²) in [6, 6.07) is 6.51. The van der Waals surface area contributed by atoms with Crippen LogP contribution in [0.2, 0.25) is 0 Å². The Bertz CT molecular complexity index is 1510. The molecule has 0 radical (unpaired) electrons. The molecule has 0 spiro atoms. The van der Waals surface area contributed by atoms with Gasteiger partial charge in [-0.25, -0.2) is 13.6 Å². The van der Waals surface area contributed by atoms with E-state index in [4.69, 9.17) is 4.11 Å². The molecule has 2 aromatic carbocycles. The Balaban J connectivity index is 1.70. The molecular formula is C24H18F5N3O. The zero-order chi connectivity index (χ0) is 26.0. The number of halogens is 5. The zero-order valence-corrected chi connectivity index (χ0v) is 17.1. The van der Waals surface area contributed by atoms with Gasteiger partial charge < -0.3 is 4.90 Å². The third-order valence-corrected chi connectivity index (χ3v) is 6.17. The van der Waals surface area contributed by atoms with Gasteiger partial charge in [-0.2, -0.15) is 18.2 Å². The van der Waals surface area contributed by atoms with Crippen molar-refractivity contribution in [1.29, 1.82) is 0 Å². The van der Waals surface area contributed by atoms with Crippen LogP contribution < -0.4 is 10.6 Å². The lowest BCUT2D eigenvalue weighted by Gasteiger charge is -2.32. The van der Waals surface area contributed by atoms with Gasteiger partial charge in [-0.05, 0) is 55.5 Å². The summed E-state index contributed by atoms with van der Waals surface area (Å²) >= 11 is 0. The topological polar surface area (TPSA) is 38.1 Å². The molecule has 4 nitrogen and oxygen atoms in total. The van der Waals surface area contributed by atoms with E-state index in [1.165, 1.54) is 4.90 Å². The molecule has 0 atom stereocenters. The maximum absolute atomic E-state index is 15.1. The lowest BCUT2D eigenvalue weighted by molar-refractivity contribution is -0.168. The second-order valence-electron chi connectivity index (χ2n) is 8.20. The molecule has 3 aromatic rings. The lowest BCUT2D eigenvalue weighted by Crippen LogP contribution is -2.30. The predicted octanol–water partition coefficient (Wildman–Crippen LogP) is 4.99. The molecule has 1 saturated carbocycles. The largest absolute Gasteiger partial charge is 0.405 e. The molecule has 2 aliphatic rings. The fourth-order valence-electron chi connectivity index (χ4n) is 4.19. The number of benzene rings is 2. The van der Waals surface area contributed by atoms with E-state index in [1.54, 1.807) is 18.2 Å². The van der Waals surface area contributed by atoms with Crippen molar-refractivity contribution in [2.45, 2.75) is 31.9 Å². The molecule has 1 aliphatic heterocycles. The maximum atomic E-state index is 15.1. The molecule has 0 unspecified atom stereocenters. The number of aromatic nitrogens is 2. The quantitative estimate of drug-likeness (QED) is 0.378. The van der Waals surface area contributed by atoms with E-state index in [1.807, 2.05) is 0 Å². The third-order valence-electron chi connectivity index (χ3n) is 6.17. The molecule has 0 amide bonds. The minimum Gasteiger partial charge on any atom is -0.325 e. The summed E-state index contributed by atoms with van der Waals surface area (Å²) in [7, 11) is 0. The van der Waals surface area contributed by atoms with E-state index in [-0.39, 0.29) is 30.7 Å². The van der Waals surface area contributed by atoms with Crippen molar-refractivity contribution in [3.8, 4) is 11.8 Å². The van der Waals surface area contributed by atoms with Crippen LogP contribution in [-0.2, 0) is 13.4 Å². The summed E-state index contributed by atoms with van der Waals surface area (Å²) in [5.41, 5.74) is -2.17. The number of aryl methyl sites for hydroxylation is 1. The van der Waals surface area contributed by atoms with Gasteiger partial charge in [-0.15, -0.1) is 0 Å². The molecule has 0 bridgehead atoms. The Morgan fingerprint density at radius 3 is 2.67 bits per heavy atom. The van der Waals surface area contributed by atoms with Crippen LogP contribution in [0.1, 0.15) is 34.5 Å². The average Bonchev–Trinajstić information content (AvgIpc) is 3.60. The monoisotopic (exact) mass is 462 g/mol. The predicted molar refractivity (Wildman–Crippen MR) is 113 cm³/mol. The number of fused-ring (bicyclic) bond motifs is 2. The van der Waals surface area contributed by atoms with Crippen molar-refractivity contribution in [3.63, 3.8) is 0 Å². The molecule has 2 heterocycles. The molecular weight excluding hydrogens is 441 g/mol. The maximum Gasteiger partial charge on any atom is 0.405 e. The summed E-state index contributed by atoms with van der Waals surface area (Å²) in [6.07, 6.45) is -3.65. The fraction of sp³-hybridized carbons (Fsp3) is 0.333. The minimum absolute atomic E-state index is 0.0643. The van der Waals surface area contributed by atoms with Crippen molar-refractivity contribution < 1.29 is 26.1 Å². The first-order chi connectivity index (χ1) is 16.8. The first kappa shape index (κ1) is 18.1. The van der Waals surface area contributed by atoms with E-state index in [0.717, 1.165) is 12.1 Å². The molecule has 33 heavy (non-hydrogen) atoms. The van der Waals surface area contributed by atoms with Crippen LogP contribution in [0.4, 0.5) is 33.5 Å². The summed E-state index contributed by atoms with van der Waals surface area (Å²) in [6.45, 7) is -2.77. The highest BCUT2D eigenvalue weighted by molar-refractivity contribution is 5.93. The van der Waals surface area contributed by atoms with Gasteiger partial charge in [0.1, 0.15) is 5.41 Å². The number of nitrogens with zero attached hydrogens (tertiary/aromatic N) is 3. The summed E-state index contributed by atoms with van der Waals surface area (Å²) in [4.78, 5) is 18.0. The van der Waals surface area contributed by atoms with E-state index < -0.39 is 41.3 Å². The lowest BCUT2D eigenvalue weighted by atomic mass is 9.95. The smallest absolute Gasteiger partial charge is 0.325 e. The number of alkyl halides is 3. The van der Waals surface area contributed by atoms with Crippen LogP contribution in [0.15, 0.2) is 35.1 Å². The normalized spacial score (nSPS) is 18.6. The first-order valence-corrected chi connectivity index (χ1v) is 10.2. The Morgan fingerprint density at radius 2 is 1.97 bits per heavy atom. The van der Waals surface area contributed by atoms with Crippen LogP contribution in [0.3, 0.4) is 0 Å². The van der Waals surface area contributed by atoms with E-state index in [2.05, 4.69) is 16.8 Å². The summed E-state index contributed by atoms with van der Waals surface area (Å²) in [5.74, 6) is 2.15. The average molecular weight is 462 g/mol. The Morgan fingerprint density at radius 1 is 1.18 bits per heavy atom. The molecule has 170 valence electrons.